The molecular formula is C13H15F3O3. The van der Waals surface area contributed by atoms with Crippen LogP contribution in [-0.4, -0.2) is 24.7 Å². The molecule has 0 radical (unpaired) electrons. The van der Waals surface area contributed by atoms with Crippen molar-refractivity contribution >= 4 is 0 Å². The smallest absolute Gasteiger partial charge is 0.405 e. The number of para-hydroxylation sites is 1. The topological polar surface area (TPSA) is 38.7 Å². The second-order valence-electron chi connectivity index (χ2n) is 4.57. The predicted molar refractivity (Wildman–Crippen MR) is 61.6 cm³/mol. The highest BCUT2D eigenvalue weighted by Gasteiger charge is 2.33. The van der Waals surface area contributed by atoms with E-state index in [2.05, 4.69) is 4.74 Å². The third-order valence-electron chi connectivity index (χ3n) is 3.08. The first kappa shape index (κ1) is 14.1. The van der Waals surface area contributed by atoms with Crippen molar-refractivity contribution in [2.45, 2.75) is 25.3 Å². The molecule has 1 N–H and O–H groups in total. The van der Waals surface area contributed by atoms with Crippen molar-refractivity contribution in [3.05, 3.63) is 29.8 Å². The van der Waals surface area contributed by atoms with E-state index in [4.69, 9.17) is 4.74 Å². The molecule has 0 amide bonds. The molecule has 1 saturated heterocycles. The van der Waals surface area contributed by atoms with Gasteiger partial charge in [0.05, 0.1) is 6.10 Å². The van der Waals surface area contributed by atoms with Crippen molar-refractivity contribution < 1.29 is 27.8 Å². The molecule has 1 aliphatic rings. The molecule has 19 heavy (non-hydrogen) atoms. The van der Waals surface area contributed by atoms with Gasteiger partial charge in [-0.3, -0.25) is 0 Å². The molecule has 2 rings (SSSR count). The number of benzene rings is 1. The normalized spacial score (nSPS) is 21.4. The summed E-state index contributed by atoms with van der Waals surface area (Å²) in [7, 11) is 0. The van der Waals surface area contributed by atoms with Crippen molar-refractivity contribution in [2.24, 2.45) is 5.92 Å². The predicted octanol–water partition coefficient (Wildman–Crippen LogP) is 3.05. The van der Waals surface area contributed by atoms with Gasteiger partial charge in [0, 0.05) is 18.8 Å². The van der Waals surface area contributed by atoms with E-state index in [1.165, 1.54) is 18.2 Å². The van der Waals surface area contributed by atoms with Crippen molar-refractivity contribution in [1.82, 2.24) is 0 Å². The first-order valence-corrected chi connectivity index (χ1v) is 6.06. The Morgan fingerprint density at radius 1 is 1.37 bits per heavy atom. The molecule has 1 fully saturated rings. The molecule has 106 valence electrons. The van der Waals surface area contributed by atoms with Gasteiger partial charge in [-0.2, -0.15) is 0 Å². The number of aliphatic hydroxyl groups excluding tert-OH is 1. The molecule has 0 bridgehead atoms. The first-order chi connectivity index (χ1) is 8.96. The number of aliphatic hydroxyl groups is 1. The standard InChI is InChI=1S/C13H15F3O3/c14-13(15,16)19-12-4-2-1-3-10(12)11(17)7-9-5-6-18-8-9/h1-4,9,11,17H,5-8H2. The largest absolute Gasteiger partial charge is 0.573 e. The van der Waals surface area contributed by atoms with Crippen LogP contribution in [0.4, 0.5) is 13.2 Å². The van der Waals surface area contributed by atoms with E-state index < -0.39 is 12.5 Å². The summed E-state index contributed by atoms with van der Waals surface area (Å²) in [5.74, 6) is -0.171. The summed E-state index contributed by atoms with van der Waals surface area (Å²) >= 11 is 0. The summed E-state index contributed by atoms with van der Waals surface area (Å²) in [6, 6.07) is 5.67. The minimum Gasteiger partial charge on any atom is -0.405 e. The van der Waals surface area contributed by atoms with E-state index in [1.807, 2.05) is 0 Å². The summed E-state index contributed by atoms with van der Waals surface area (Å²) in [6.45, 7) is 1.18. The number of rotatable bonds is 4. The zero-order chi connectivity index (χ0) is 13.9. The molecule has 0 saturated carbocycles. The van der Waals surface area contributed by atoms with Crippen LogP contribution in [0.1, 0.15) is 24.5 Å². The van der Waals surface area contributed by atoms with Gasteiger partial charge in [0.2, 0.25) is 0 Å². The van der Waals surface area contributed by atoms with Crippen LogP contribution in [0, 0.1) is 5.92 Å². The van der Waals surface area contributed by atoms with Gasteiger partial charge in [-0.1, -0.05) is 18.2 Å². The highest BCUT2D eigenvalue weighted by Crippen LogP contribution is 2.34. The zero-order valence-electron chi connectivity index (χ0n) is 10.2. The SMILES string of the molecule is OC(CC1CCOC1)c1ccccc1OC(F)(F)F. The summed E-state index contributed by atoms with van der Waals surface area (Å²) in [6.07, 6.45) is -4.55. The molecule has 1 aromatic carbocycles. The quantitative estimate of drug-likeness (QED) is 0.918. The van der Waals surface area contributed by atoms with Gasteiger partial charge in [-0.25, -0.2) is 0 Å². The van der Waals surface area contributed by atoms with Gasteiger partial charge in [-0.05, 0) is 24.8 Å². The van der Waals surface area contributed by atoms with Crippen LogP contribution in [0.5, 0.6) is 5.75 Å². The van der Waals surface area contributed by atoms with Crippen LogP contribution in [0.2, 0.25) is 0 Å². The Hall–Kier alpha value is -1.27. The van der Waals surface area contributed by atoms with Crippen molar-refractivity contribution in [1.29, 1.82) is 0 Å². The van der Waals surface area contributed by atoms with Gasteiger partial charge < -0.3 is 14.6 Å². The lowest BCUT2D eigenvalue weighted by Gasteiger charge is -2.19. The summed E-state index contributed by atoms with van der Waals surface area (Å²) in [4.78, 5) is 0. The molecule has 0 aliphatic carbocycles. The number of ether oxygens (including phenoxy) is 2. The Kier molecular flexibility index (Phi) is 4.31. The highest BCUT2D eigenvalue weighted by atomic mass is 19.4. The van der Waals surface area contributed by atoms with Gasteiger partial charge in [-0.15, -0.1) is 13.2 Å². The third kappa shape index (κ3) is 4.11. The number of halogens is 3. The lowest BCUT2D eigenvalue weighted by atomic mass is 9.96. The molecular weight excluding hydrogens is 261 g/mol. The Labute approximate surface area is 108 Å². The van der Waals surface area contributed by atoms with E-state index in [0.29, 0.717) is 19.6 Å². The zero-order valence-corrected chi connectivity index (χ0v) is 10.2. The monoisotopic (exact) mass is 276 g/mol. The van der Waals surface area contributed by atoms with Gasteiger partial charge in [0.15, 0.2) is 0 Å². The van der Waals surface area contributed by atoms with E-state index in [0.717, 1.165) is 6.42 Å². The fourth-order valence-electron chi connectivity index (χ4n) is 2.19. The minimum atomic E-state index is -4.76. The molecule has 1 heterocycles. The molecule has 6 heteroatoms. The maximum atomic E-state index is 12.3. The van der Waals surface area contributed by atoms with Crippen LogP contribution >= 0.6 is 0 Å². The van der Waals surface area contributed by atoms with Crippen molar-refractivity contribution in [3.63, 3.8) is 0 Å². The van der Waals surface area contributed by atoms with Crippen LogP contribution in [0.3, 0.4) is 0 Å². The fourth-order valence-corrected chi connectivity index (χ4v) is 2.19. The molecule has 0 aromatic heterocycles. The van der Waals surface area contributed by atoms with Gasteiger partial charge in [0.25, 0.3) is 0 Å². The maximum absolute atomic E-state index is 12.3. The summed E-state index contributed by atoms with van der Waals surface area (Å²) < 4.78 is 45.9. The highest BCUT2D eigenvalue weighted by molar-refractivity contribution is 5.35. The molecule has 0 spiro atoms. The molecule has 2 atom stereocenters. The second-order valence-corrected chi connectivity index (χ2v) is 4.57. The van der Waals surface area contributed by atoms with Crippen LogP contribution < -0.4 is 4.74 Å². The van der Waals surface area contributed by atoms with Crippen LogP contribution in [0.25, 0.3) is 0 Å². The Morgan fingerprint density at radius 3 is 2.74 bits per heavy atom. The lowest BCUT2D eigenvalue weighted by molar-refractivity contribution is -0.275. The van der Waals surface area contributed by atoms with Crippen molar-refractivity contribution in [3.8, 4) is 5.75 Å². The summed E-state index contributed by atoms with van der Waals surface area (Å²) in [5.41, 5.74) is 0.159. The molecule has 3 nitrogen and oxygen atoms in total. The van der Waals surface area contributed by atoms with E-state index in [-0.39, 0.29) is 17.2 Å². The van der Waals surface area contributed by atoms with E-state index in [9.17, 15) is 18.3 Å². The van der Waals surface area contributed by atoms with Gasteiger partial charge >= 0.3 is 6.36 Å². The van der Waals surface area contributed by atoms with E-state index in [1.54, 1.807) is 6.07 Å². The minimum absolute atomic E-state index is 0.159. The third-order valence-corrected chi connectivity index (χ3v) is 3.08. The Balaban J connectivity index is 2.09. The second kappa shape index (κ2) is 5.79. The van der Waals surface area contributed by atoms with Gasteiger partial charge in [0.1, 0.15) is 5.75 Å². The maximum Gasteiger partial charge on any atom is 0.573 e. The van der Waals surface area contributed by atoms with Crippen molar-refractivity contribution in [2.75, 3.05) is 13.2 Å². The Bertz CT molecular complexity index is 414. The Morgan fingerprint density at radius 2 is 2.11 bits per heavy atom. The lowest BCUT2D eigenvalue weighted by Crippen LogP contribution is -2.19. The number of hydrogen-bond acceptors (Lipinski definition) is 3. The van der Waals surface area contributed by atoms with Crippen LogP contribution in [0.15, 0.2) is 24.3 Å². The molecule has 1 aromatic rings. The first-order valence-electron chi connectivity index (χ1n) is 6.06. The fraction of sp³-hybridized carbons (Fsp3) is 0.538. The van der Waals surface area contributed by atoms with E-state index >= 15 is 0 Å². The molecule has 2 unspecified atom stereocenters. The van der Waals surface area contributed by atoms with Crippen LogP contribution in [-0.2, 0) is 4.74 Å². The molecule has 1 aliphatic heterocycles. The average Bonchev–Trinajstić information content (AvgIpc) is 2.80. The number of hydrogen-bond donors (Lipinski definition) is 1. The number of alkyl halides is 3. The summed E-state index contributed by atoms with van der Waals surface area (Å²) in [5, 5.41) is 10.1. The average molecular weight is 276 g/mol.